The summed E-state index contributed by atoms with van der Waals surface area (Å²) < 4.78 is 31.8. The Hall–Kier alpha value is -1.75. The van der Waals surface area contributed by atoms with E-state index < -0.39 is 11.6 Å². The Balaban J connectivity index is 2.04. The highest BCUT2D eigenvalue weighted by Crippen LogP contribution is 2.25. The van der Waals surface area contributed by atoms with Gasteiger partial charge >= 0.3 is 0 Å². The first kappa shape index (κ1) is 15.6. The maximum atomic E-state index is 13.1. The van der Waals surface area contributed by atoms with Gasteiger partial charge in [0, 0.05) is 12.8 Å². The highest BCUT2D eigenvalue weighted by Gasteiger charge is 2.09. The number of ether oxygens (including phenoxy) is 1. The summed E-state index contributed by atoms with van der Waals surface area (Å²) in [6.45, 7) is 0. The van der Waals surface area contributed by atoms with Crippen molar-refractivity contribution in [2.45, 2.75) is 12.8 Å². The second-order valence-electron chi connectivity index (χ2n) is 4.61. The van der Waals surface area contributed by atoms with Crippen molar-refractivity contribution in [1.29, 1.82) is 0 Å². The first-order valence-corrected chi connectivity index (χ1v) is 7.07. The van der Waals surface area contributed by atoms with Gasteiger partial charge in [-0.1, -0.05) is 12.1 Å². The summed E-state index contributed by atoms with van der Waals surface area (Å²) in [5, 5.41) is 0. The molecule has 0 atom stereocenters. The number of benzene rings is 2. The summed E-state index contributed by atoms with van der Waals surface area (Å²) in [5.41, 5.74) is 1.29. The van der Waals surface area contributed by atoms with Crippen LogP contribution in [0, 0.1) is 11.6 Å². The summed E-state index contributed by atoms with van der Waals surface area (Å²) in [5.74, 6) is -1.23. The van der Waals surface area contributed by atoms with Gasteiger partial charge in [0.25, 0.3) is 0 Å². The Morgan fingerprint density at radius 1 is 1.05 bits per heavy atom. The summed E-state index contributed by atoms with van der Waals surface area (Å²) in [7, 11) is 1.56. The van der Waals surface area contributed by atoms with Crippen LogP contribution in [0.25, 0.3) is 0 Å². The second kappa shape index (κ2) is 6.80. The van der Waals surface area contributed by atoms with E-state index >= 15 is 0 Å². The van der Waals surface area contributed by atoms with Crippen molar-refractivity contribution in [2.75, 3.05) is 7.11 Å². The quantitative estimate of drug-likeness (QED) is 0.808. The van der Waals surface area contributed by atoms with E-state index in [-0.39, 0.29) is 18.6 Å². The summed E-state index contributed by atoms with van der Waals surface area (Å²) >= 11 is 3.35. The van der Waals surface area contributed by atoms with Gasteiger partial charge in [0.2, 0.25) is 0 Å². The molecule has 0 aliphatic rings. The molecular weight excluding hydrogens is 342 g/mol. The number of carbonyl (C=O) groups excluding carboxylic acids is 1. The predicted octanol–water partition coefficient (Wildman–Crippen LogP) is 4.09. The smallest absolute Gasteiger partial charge is 0.159 e. The van der Waals surface area contributed by atoms with E-state index in [2.05, 4.69) is 15.9 Å². The van der Waals surface area contributed by atoms with Gasteiger partial charge in [-0.25, -0.2) is 8.78 Å². The third-order valence-corrected chi connectivity index (χ3v) is 3.62. The van der Waals surface area contributed by atoms with Gasteiger partial charge in [-0.05, 0) is 51.3 Å². The zero-order valence-corrected chi connectivity index (χ0v) is 12.9. The number of carbonyl (C=O) groups is 1. The number of ketones is 1. The lowest BCUT2D eigenvalue weighted by Crippen LogP contribution is -2.07. The van der Waals surface area contributed by atoms with E-state index in [9.17, 15) is 13.6 Å². The number of rotatable bonds is 5. The van der Waals surface area contributed by atoms with Crippen LogP contribution in [0.1, 0.15) is 11.1 Å². The van der Waals surface area contributed by atoms with Gasteiger partial charge in [-0.15, -0.1) is 0 Å². The molecule has 0 spiro atoms. The van der Waals surface area contributed by atoms with Gasteiger partial charge in [-0.3, -0.25) is 4.79 Å². The summed E-state index contributed by atoms with van der Waals surface area (Å²) in [4.78, 5) is 12.0. The molecule has 0 aromatic heterocycles. The fourth-order valence-corrected chi connectivity index (χ4v) is 2.58. The first-order valence-electron chi connectivity index (χ1n) is 6.27. The molecule has 0 saturated heterocycles. The van der Waals surface area contributed by atoms with Crippen LogP contribution >= 0.6 is 15.9 Å². The molecule has 110 valence electrons. The van der Waals surface area contributed by atoms with E-state index in [0.29, 0.717) is 11.3 Å². The molecule has 0 amide bonds. The van der Waals surface area contributed by atoms with Gasteiger partial charge in [-0.2, -0.15) is 0 Å². The molecule has 5 heteroatoms. The average Bonchev–Trinajstić information content (AvgIpc) is 2.43. The lowest BCUT2D eigenvalue weighted by atomic mass is 10.0. The number of hydrogen-bond donors (Lipinski definition) is 0. The largest absolute Gasteiger partial charge is 0.496 e. The lowest BCUT2D eigenvalue weighted by Gasteiger charge is -2.06. The number of methoxy groups -OCH3 is 1. The SMILES string of the molecule is COc1ccc(CC(=O)Cc2ccc(F)c(F)c2)cc1Br. The molecule has 0 N–H and O–H groups in total. The molecule has 0 bridgehead atoms. The van der Waals surface area contributed by atoms with E-state index in [4.69, 9.17) is 4.74 Å². The van der Waals surface area contributed by atoms with Crippen LogP contribution in [0.4, 0.5) is 8.78 Å². The monoisotopic (exact) mass is 354 g/mol. The van der Waals surface area contributed by atoms with Crippen LogP contribution in [0.5, 0.6) is 5.75 Å². The zero-order valence-electron chi connectivity index (χ0n) is 11.3. The minimum atomic E-state index is -0.938. The van der Waals surface area contributed by atoms with Crippen LogP contribution in [0.15, 0.2) is 40.9 Å². The number of hydrogen-bond acceptors (Lipinski definition) is 2. The van der Waals surface area contributed by atoms with Gasteiger partial charge in [0.05, 0.1) is 11.6 Å². The van der Waals surface area contributed by atoms with Crippen molar-refractivity contribution in [2.24, 2.45) is 0 Å². The van der Waals surface area contributed by atoms with E-state index in [1.165, 1.54) is 6.07 Å². The molecule has 2 nitrogen and oxygen atoms in total. The predicted molar refractivity (Wildman–Crippen MR) is 79.5 cm³/mol. The lowest BCUT2D eigenvalue weighted by molar-refractivity contribution is -0.117. The summed E-state index contributed by atoms with van der Waals surface area (Å²) in [6.07, 6.45) is 0.294. The fourth-order valence-electron chi connectivity index (χ4n) is 1.99. The normalized spacial score (nSPS) is 10.5. The maximum absolute atomic E-state index is 13.1. The van der Waals surface area contributed by atoms with Crippen molar-refractivity contribution >= 4 is 21.7 Å². The third kappa shape index (κ3) is 4.11. The summed E-state index contributed by atoms with van der Waals surface area (Å²) in [6, 6.07) is 8.87. The van der Waals surface area contributed by atoms with E-state index in [0.717, 1.165) is 22.2 Å². The topological polar surface area (TPSA) is 26.3 Å². The average molecular weight is 355 g/mol. The van der Waals surface area contributed by atoms with Crippen LogP contribution in [0.3, 0.4) is 0 Å². The Kier molecular flexibility index (Phi) is 5.07. The highest BCUT2D eigenvalue weighted by atomic mass is 79.9. The van der Waals surface area contributed by atoms with Gasteiger partial charge < -0.3 is 4.74 Å². The van der Waals surface area contributed by atoms with Crippen molar-refractivity contribution < 1.29 is 18.3 Å². The molecule has 0 saturated carbocycles. The molecule has 2 aromatic carbocycles. The molecule has 0 unspecified atom stereocenters. The van der Waals surface area contributed by atoms with Gasteiger partial charge in [0.15, 0.2) is 11.6 Å². The van der Waals surface area contributed by atoms with Crippen LogP contribution in [0.2, 0.25) is 0 Å². The van der Waals surface area contributed by atoms with E-state index in [1.807, 2.05) is 6.07 Å². The van der Waals surface area contributed by atoms with Gasteiger partial charge in [0.1, 0.15) is 11.5 Å². The van der Waals surface area contributed by atoms with Crippen LogP contribution in [-0.4, -0.2) is 12.9 Å². The number of Topliss-reactive ketones (excluding diaryl/α,β-unsaturated/α-hetero) is 1. The molecule has 2 aromatic rings. The number of halogens is 3. The standard InChI is InChI=1S/C16H13BrF2O2/c1-21-16-5-3-10(8-13(16)17)6-12(20)7-11-2-4-14(18)15(19)9-11/h2-5,8-9H,6-7H2,1H3. The minimum Gasteiger partial charge on any atom is -0.496 e. The Morgan fingerprint density at radius 2 is 1.67 bits per heavy atom. The highest BCUT2D eigenvalue weighted by molar-refractivity contribution is 9.10. The first-order chi connectivity index (χ1) is 9.99. The van der Waals surface area contributed by atoms with Crippen molar-refractivity contribution in [3.8, 4) is 5.75 Å². The molecule has 0 aliphatic carbocycles. The molecule has 0 heterocycles. The third-order valence-electron chi connectivity index (χ3n) is 3.00. The Labute approximate surface area is 129 Å². The molecule has 0 radical (unpaired) electrons. The molecule has 2 rings (SSSR count). The van der Waals surface area contributed by atoms with Crippen molar-refractivity contribution in [1.82, 2.24) is 0 Å². The van der Waals surface area contributed by atoms with Crippen molar-refractivity contribution in [3.63, 3.8) is 0 Å². The second-order valence-corrected chi connectivity index (χ2v) is 5.46. The van der Waals surface area contributed by atoms with Crippen LogP contribution < -0.4 is 4.74 Å². The zero-order chi connectivity index (χ0) is 15.4. The molecule has 21 heavy (non-hydrogen) atoms. The van der Waals surface area contributed by atoms with E-state index in [1.54, 1.807) is 19.2 Å². The molecule has 0 aliphatic heterocycles. The Bertz CT molecular complexity index is 671. The minimum absolute atomic E-state index is 0.0703. The molecule has 0 fully saturated rings. The fraction of sp³-hybridized carbons (Fsp3) is 0.188. The Morgan fingerprint density at radius 3 is 2.24 bits per heavy atom. The molecular formula is C16H13BrF2O2. The van der Waals surface area contributed by atoms with Crippen molar-refractivity contribution in [3.05, 3.63) is 63.6 Å². The van der Waals surface area contributed by atoms with Crippen LogP contribution in [-0.2, 0) is 17.6 Å². The maximum Gasteiger partial charge on any atom is 0.159 e.